The van der Waals surface area contributed by atoms with Gasteiger partial charge in [0.2, 0.25) is 0 Å². The van der Waals surface area contributed by atoms with E-state index >= 15 is 0 Å². The zero-order valence-corrected chi connectivity index (χ0v) is 16.1. The van der Waals surface area contributed by atoms with Crippen LogP contribution in [0.25, 0.3) is 10.9 Å². The van der Waals surface area contributed by atoms with Gasteiger partial charge in [-0.05, 0) is 42.0 Å². The standard InChI is InChI=1S/C22H27N3O2/c1-17-14-19(15-25-10-12-26-13-11-25)20-4-3-7-23-21(20)22(17)27-16-18-5-8-24(2)9-6-18/h3-8,14H,9-13,15-16H2,1-2H3. The van der Waals surface area contributed by atoms with Crippen molar-refractivity contribution in [2.24, 2.45) is 0 Å². The number of ether oxygens (including phenoxy) is 2. The van der Waals surface area contributed by atoms with Crippen molar-refractivity contribution in [3.8, 4) is 5.75 Å². The molecule has 2 aliphatic rings. The molecule has 0 saturated carbocycles. The van der Waals surface area contributed by atoms with E-state index in [1.807, 2.05) is 12.3 Å². The van der Waals surface area contributed by atoms with E-state index in [1.165, 1.54) is 16.5 Å². The molecule has 27 heavy (non-hydrogen) atoms. The number of fused-ring (bicyclic) bond motifs is 1. The second kappa shape index (κ2) is 8.11. The Bertz CT molecular complexity index is 869. The molecule has 0 bridgehead atoms. The maximum atomic E-state index is 6.24. The summed E-state index contributed by atoms with van der Waals surface area (Å²) in [7, 11) is 2.07. The minimum atomic E-state index is 0.569. The third-order valence-corrected chi connectivity index (χ3v) is 5.18. The van der Waals surface area contributed by atoms with Crippen molar-refractivity contribution < 1.29 is 9.47 Å². The quantitative estimate of drug-likeness (QED) is 0.814. The van der Waals surface area contributed by atoms with Gasteiger partial charge in [-0.15, -0.1) is 0 Å². The Kier molecular flexibility index (Phi) is 5.41. The highest BCUT2D eigenvalue weighted by Gasteiger charge is 2.16. The maximum absolute atomic E-state index is 6.24. The van der Waals surface area contributed by atoms with E-state index in [0.717, 1.165) is 56.2 Å². The van der Waals surface area contributed by atoms with Crippen LogP contribution in [0.2, 0.25) is 0 Å². The van der Waals surface area contributed by atoms with Crippen molar-refractivity contribution >= 4 is 10.9 Å². The number of aromatic nitrogens is 1. The van der Waals surface area contributed by atoms with Crippen LogP contribution in [0.5, 0.6) is 5.75 Å². The largest absolute Gasteiger partial charge is 0.486 e. The van der Waals surface area contributed by atoms with Crippen molar-refractivity contribution in [1.82, 2.24) is 14.8 Å². The van der Waals surface area contributed by atoms with E-state index in [9.17, 15) is 0 Å². The second-order valence-corrected chi connectivity index (χ2v) is 7.29. The molecule has 0 aliphatic carbocycles. The fourth-order valence-electron chi connectivity index (χ4n) is 3.63. The van der Waals surface area contributed by atoms with Crippen molar-refractivity contribution in [3.05, 3.63) is 59.4 Å². The molecule has 5 nitrogen and oxygen atoms in total. The van der Waals surface area contributed by atoms with Crippen LogP contribution in [0.15, 0.2) is 48.3 Å². The topological polar surface area (TPSA) is 37.8 Å². The lowest BCUT2D eigenvalue weighted by atomic mass is 10.0. The molecule has 4 rings (SSSR count). The molecule has 0 atom stereocenters. The van der Waals surface area contributed by atoms with E-state index in [2.05, 4.69) is 59.2 Å². The van der Waals surface area contributed by atoms with Gasteiger partial charge in [-0.1, -0.05) is 18.2 Å². The minimum Gasteiger partial charge on any atom is -0.486 e. The molecule has 3 heterocycles. The van der Waals surface area contributed by atoms with E-state index in [-0.39, 0.29) is 0 Å². The summed E-state index contributed by atoms with van der Waals surface area (Å²) < 4.78 is 11.7. The smallest absolute Gasteiger partial charge is 0.148 e. The van der Waals surface area contributed by atoms with E-state index in [4.69, 9.17) is 9.47 Å². The van der Waals surface area contributed by atoms with Crippen LogP contribution < -0.4 is 4.74 Å². The number of rotatable bonds is 5. The molecular weight excluding hydrogens is 338 g/mol. The maximum Gasteiger partial charge on any atom is 0.148 e. The lowest BCUT2D eigenvalue weighted by molar-refractivity contribution is 0.0343. The normalized spacial score (nSPS) is 18.0. The van der Waals surface area contributed by atoms with Crippen LogP contribution in [0.1, 0.15) is 11.1 Å². The fourth-order valence-corrected chi connectivity index (χ4v) is 3.63. The Hall–Kier alpha value is -2.37. The lowest BCUT2D eigenvalue weighted by Gasteiger charge is -2.27. The Morgan fingerprint density at radius 1 is 1.26 bits per heavy atom. The predicted molar refractivity (Wildman–Crippen MR) is 108 cm³/mol. The van der Waals surface area contributed by atoms with Gasteiger partial charge in [0.15, 0.2) is 0 Å². The third kappa shape index (κ3) is 4.15. The lowest BCUT2D eigenvalue weighted by Crippen LogP contribution is -2.35. The number of hydrogen-bond donors (Lipinski definition) is 0. The number of aryl methyl sites for hydroxylation is 1. The summed E-state index contributed by atoms with van der Waals surface area (Å²) in [6, 6.07) is 6.42. The molecule has 1 fully saturated rings. The minimum absolute atomic E-state index is 0.569. The molecule has 0 radical (unpaired) electrons. The van der Waals surface area contributed by atoms with Gasteiger partial charge < -0.3 is 14.4 Å². The first-order valence-electron chi connectivity index (χ1n) is 9.58. The van der Waals surface area contributed by atoms with Crippen molar-refractivity contribution in [2.75, 3.05) is 46.5 Å². The highest BCUT2D eigenvalue weighted by atomic mass is 16.5. The molecule has 2 aromatic rings. The number of hydrogen-bond acceptors (Lipinski definition) is 5. The number of nitrogens with zero attached hydrogens (tertiary/aromatic N) is 3. The van der Waals surface area contributed by atoms with E-state index < -0.39 is 0 Å². The molecule has 2 aliphatic heterocycles. The summed E-state index contributed by atoms with van der Waals surface area (Å²) in [5, 5.41) is 1.18. The number of benzene rings is 1. The molecule has 0 amide bonds. The zero-order chi connectivity index (χ0) is 18.6. The predicted octanol–water partition coefficient (Wildman–Crippen LogP) is 3.14. The summed E-state index contributed by atoms with van der Waals surface area (Å²) >= 11 is 0. The first kappa shape index (κ1) is 18.0. The van der Waals surface area contributed by atoms with Gasteiger partial charge in [0, 0.05) is 44.8 Å². The number of likely N-dealkylation sites (N-methyl/N-ethyl adjacent to an activating group) is 1. The van der Waals surface area contributed by atoms with Crippen molar-refractivity contribution in [1.29, 1.82) is 0 Å². The van der Waals surface area contributed by atoms with Gasteiger partial charge in [0.05, 0.1) is 13.2 Å². The highest BCUT2D eigenvalue weighted by molar-refractivity contribution is 5.88. The van der Waals surface area contributed by atoms with Crippen LogP contribution in [0, 0.1) is 6.92 Å². The average Bonchev–Trinajstić information content (AvgIpc) is 2.70. The van der Waals surface area contributed by atoms with Gasteiger partial charge >= 0.3 is 0 Å². The van der Waals surface area contributed by atoms with Gasteiger partial charge in [0.25, 0.3) is 0 Å². The van der Waals surface area contributed by atoms with Gasteiger partial charge in [0.1, 0.15) is 17.9 Å². The van der Waals surface area contributed by atoms with Crippen LogP contribution in [0.4, 0.5) is 0 Å². The molecular formula is C22H27N3O2. The van der Waals surface area contributed by atoms with Crippen LogP contribution in [0.3, 0.4) is 0 Å². The second-order valence-electron chi connectivity index (χ2n) is 7.29. The van der Waals surface area contributed by atoms with Gasteiger partial charge in [-0.25, -0.2) is 0 Å². The van der Waals surface area contributed by atoms with Crippen molar-refractivity contribution in [3.63, 3.8) is 0 Å². The summed E-state index contributed by atoms with van der Waals surface area (Å²) in [6.45, 7) is 8.12. The molecule has 0 unspecified atom stereocenters. The monoisotopic (exact) mass is 365 g/mol. The number of pyridine rings is 1. The summed E-state index contributed by atoms with van der Waals surface area (Å²) in [6.07, 6.45) is 8.26. The van der Waals surface area contributed by atoms with Gasteiger partial charge in [-0.2, -0.15) is 0 Å². The molecule has 5 heteroatoms. The van der Waals surface area contributed by atoms with E-state index in [0.29, 0.717) is 6.61 Å². The molecule has 0 spiro atoms. The average molecular weight is 365 g/mol. The Morgan fingerprint density at radius 2 is 2.11 bits per heavy atom. The summed E-state index contributed by atoms with van der Waals surface area (Å²) in [5.74, 6) is 0.893. The van der Waals surface area contributed by atoms with E-state index in [1.54, 1.807) is 0 Å². The van der Waals surface area contributed by atoms with Gasteiger partial charge in [-0.3, -0.25) is 9.88 Å². The highest BCUT2D eigenvalue weighted by Crippen LogP contribution is 2.32. The molecule has 1 aromatic heterocycles. The summed E-state index contributed by atoms with van der Waals surface area (Å²) in [4.78, 5) is 9.25. The molecule has 0 N–H and O–H groups in total. The number of morpholine rings is 1. The molecule has 1 saturated heterocycles. The first-order chi connectivity index (χ1) is 13.2. The summed E-state index contributed by atoms with van der Waals surface area (Å²) in [5.41, 5.74) is 4.61. The van der Waals surface area contributed by atoms with Crippen LogP contribution in [-0.4, -0.2) is 61.3 Å². The third-order valence-electron chi connectivity index (χ3n) is 5.18. The Labute approximate surface area is 160 Å². The van der Waals surface area contributed by atoms with Crippen molar-refractivity contribution in [2.45, 2.75) is 13.5 Å². The Morgan fingerprint density at radius 3 is 2.89 bits per heavy atom. The fraction of sp³-hybridized carbons (Fsp3) is 0.409. The SMILES string of the molecule is Cc1cc(CN2CCOCC2)c2cccnc2c1OCC1=CCN(C)C=C1. The first-order valence-corrected chi connectivity index (χ1v) is 9.58. The Balaban J connectivity index is 1.59. The molecule has 142 valence electrons. The van der Waals surface area contributed by atoms with Crippen LogP contribution in [-0.2, 0) is 11.3 Å². The molecule has 1 aromatic carbocycles. The zero-order valence-electron chi connectivity index (χ0n) is 16.1. The van der Waals surface area contributed by atoms with Crippen LogP contribution >= 0.6 is 0 Å².